The van der Waals surface area contributed by atoms with E-state index < -0.39 is 0 Å². The zero-order valence-electron chi connectivity index (χ0n) is 12.5. The maximum absolute atomic E-state index is 3.77. The first-order valence-electron chi connectivity index (χ1n) is 7.19. The molecule has 1 aliphatic rings. The van der Waals surface area contributed by atoms with Gasteiger partial charge >= 0.3 is 0 Å². The van der Waals surface area contributed by atoms with Crippen molar-refractivity contribution < 1.29 is 0 Å². The Labute approximate surface area is 112 Å². The molecular weight excluding hydrogens is 218 g/mol. The predicted octanol–water partition coefficient (Wildman–Crippen LogP) is 4.27. The second-order valence-corrected chi connectivity index (χ2v) is 7.03. The molecule has 0 spiro atoms. The Morgan fingerprint density at radius 2 is 1.89 bits per heavy atom. The highest BCUT2D eigenvalue weighted by molar-refractivity contribution is 5.27. The molecule has 0 aromatic heterocycles. The van der Waals surface area contributed by atoms with E-state index in [0.717, 1.165) is 5.92 Å². The molecular formula is C17H27N. The van der Waals surface area contributed by atoms with Gasteiger partial charge in [-0.05, 0) is 43.6 Å². The smallest absolute Gasteiger partial charge is 0.00898 e. The lowest BCUT2D eigenvalue weighted by atomic mass is 9.74. The first kappa shape index (κ1) is 13.6. The lowest BCUT2D eigenvalue weighted by Gasteiger charge is -2.41. The van der Waals surface area contributed by atoms with Crippen molar-refractivity contribution in [2.45, 2.75) is 65.5 Å². The first-order chi connectivity index (χ1) is 8.36. The second-order valence-electron chi connectivity index (χ2n) is 7.03. The number of nitrogens with one attached hydrogen (secondary N) is 1. The fourth-order valence-corrected chi connectivity index (χ4v) is 2.55. The summed E-state index contributed by atoms with van der Waals surface area (Å²) in [6.45, 7) is 11.4. The molecule has 1 aliphatic carbocycles. The summed E-state index contributed by atoms with van der Waals surface area (Å²) in [6.07, 6.45) is 2.59. The lowest BCUT2D eigenvalue weighted by Crippen LogP contribution is -2.49. The Hall–Kier alpha value is -0.820. The molecule has 18 heavy (non-hydrogen) atoms. The third-order valence-corrected chi connectivity index (χ3v) is 4.44. The predicted molar refractivity (Wildman–Crippen MR) is 79.0 cm³/mol. The van der Waals surface area contributed by atoms with Crippen LogP contribution in [-0.2, 0) is 0 Å². The van der Waals surface area contributed by atoms with Crippen LogP contribution in [0.2, 0.25) is 0 Å². The van der Waals surface area contributed by atoms with E-state index >= 15 is 0 Å². The van der Waals surface area contributed by atoms with Gasteiger partial charge in [-0.1, -0.05) is 50.6 Å². The van der Waals surface area contributed by atoms with Crippen LogP contribution >= 0.6 is 0 Å². The van der Waals surface area contributed by atoms with Crippen molar-refractivity contribution in [3.63, 3.8) is 0 Å². The third-order valence-electron chi connectivity index (χ3n) is 4.44. The summed E-state index contributed by atoms with van der Waals surface area (Å²) in [7, 11) is 0. The lowest BCUT2D eigenvalue weighted by molar-refractivity contribution is 0.203. The Bertz CT molecular complexity index is 396. The zero-order valence-corrected chi connectivity index (χ0v) is 12.5. The fourth-order valence-electron chi connectivity index (χ4n) is 2.55. The Balaban J connectivity index is 1.84. The highest BCUT2D eigenvalue weighted by Crippen LogP contribution is 2.38. The summed E-state index contributed by atoms with van der Waals surface area (Å²) in [6, 6.07) is 10.3. The van der Waals surface area contributed by atoms with Crippen LogP contribution in [0, 0.1) is 12.3 Å². The van der Waals surface area contributed by atoms with Gasteiger partial charge in [-0.25, -0.2) is 0 Å². The van der Waals surface area contributed by atoms with Crippen molar-refractivity contribution in [1.82, 2.24) is 5.32 Å². The molecule has 0 bridgehead atoms. The number of hydrogen-bond acceptors (Lipinski definition) is 1. The van der Waals surface area contributed by atoms with Crippen LogP contribution < -0.4 is 5.32 Å². The SMILES string of the molecule is Cc1cccc(C2CC(NC(C)C(C)(C)C)C2)c1. The van der Waals surface area contributed by atoms with Crippen molar-refractivity contribution in [2.24, 2.45) is 5.41 Å². The molecule has 0 radical (unpaired) electrons. The molecule has 1 fully saturated rings. The maximum Gasteiger partial charge on any atom is 0.00898 e. The van der Waals surface area contributed by atoms with Crippen molar-refractivity contribution in [3.8, 4) is 0 Å². The van der Waals surface area contributed by atoms with Gasteiger partial charge in [-0.15, -0.1) is 0 Å². The van der Waals surface area contributed by atoms with Gasteiger partial charge in [0.15, 0.2) is 0 Å². The van der Waals surface area contributed by atoms with E-state index in [4.69, 9.17) is 0 Å². The summed E-state index contributed by atoms with van der Waals surface area (Å²) < 4.78 is 0. The minimum absolute atomic E-state index is 0.356. The highest BCUT2D eigenvalue weighted by Gasteiger charge is 2.33. The molecule has 1 atom stereocenters. The molecule has 1 heteroatoms. The largest absolute Gasteiger partial charge is 0.311 e. The highest BCUT2D eigenvalue weighted by atomic mass is 15.0. The molecule has 1 aromatic rings. The molecule has 0 aliphatic heterocycles. The zero-order chi connectivity index (χ0) is 13.3. The molecule has 1 unspecified atom stereocenters. The van der Waals surface area contributed by atoms with Crippen LogP contribution in [0.4, 0.5) is 0 Å². The van der Waals surface area contributed by atoms with Crippen molar-refractivity contribution in [1.29, 1.82) is 0 Å². The van der Waals surface area contributed by atoms with Gasteiger partial charge in [-0.3, -0.25) is 0 Å². The Morgan fingerprint density at radius 1 is 1.22 bits per heavy atom. The minimum atomic E-state index is 0.356. The van der Waals surface area contributed by atoms with Crippen LogP contribution in [0.5, 0.6) is 0 Å². The van der Waals surface area contributed by atoms with E-state index in [-0.39, 0.29) is 0 Å². The Kier molecular flexibility index (Phi) is 3.82. The average molecular weight is 245 g/mol. The molecule has 1 N–H and O–H groups in total. The monoisotopic (exact) mass is 245 g/mol. The Morgan fingerprint density at radius 3 is 2.44 bits per heavy atom. The van der Waals surface area contributed by atoms with Crippen LogP contribution in [0.15, 0.2) is 24.3 Å². The van der Waals surface area contributed by atoms with Gasteiger partial charge < -0.3 is 5.32 Å². The summed E-state index contributed by atoms with van der Waals surface area (Å²) >= 11 is 0. The molecule has 100 valence electrons. The van der Waals surface area contributed by atoms with E-state index in [9.17, 15) is 0 Å². The first-order valence-corrected chi connectivity index (χ1v) is 7.19. The summed E-state index contributed by atoms with van der Waals surface area (Å²) in [5.41, 5.74) is 3.26. The second kappa shape index (κ2) is 5.05. The number of aryl methyl sites for hydroxylation is 1. The standard InChI is InChI=1S/C17H27N/c1-12-7-6-8-14(9-12)15-10-16(11-15)18-13(2)17(3,4)5/h6-9,13,15-16,18H,10-11H2,1-5H3. The molecule has 0 heterocycles. The normalized spacial score (nSPS) is 25.6. The number of benzene rings is 1. The molecule has 1 aromatic carbocycles. The van der Waals surface area contributed by atoms with E-state index in [1.807, 2.05) is 0 Å². The fraction of sp³-hybridized carbons (Fsp3) is 0.647. The van der Waals surface area contributed by atoms with E-state index in [1.165, 1.54) is 24.0 Å². The van der Waals surface area contributed by atoms with Gasteiger partial charge in [0.05, 0.1) is 0 Å². The van der Waals surface area contributed by atoms with Gasteiger partial charge in [0.2, 0.25) is 0 Å². The minimum Gasteiger partial charge on any atom is -0.311 e. The number of rotatable bonds is 3. The molecule has 2 rings (SSSR count). The molecule has 1 nitrogen and oxygen atoms in total. The van der Waals surface area contributed by atoms with Gasteiger partial charge in [-0.2, -0.15) is 0 Å². The van der Waals surface area contributed by atoms with Gasteiger partial charge in [0.25, 0.3) is 0 Å². The van der Waals surface area contributed by atoms with E-state index in [1.54, 1.807) is 0 Å². The summed E-state index contributed by atoms with van der Waals surface area (Å²) in [5.74, 6) is 0.773. The van der Waals surface area contributed by atoms with Crippen molar-refractivity contribution in [3.05, 3.63) is 35.4 Å². The van der Waals surface area contributed by atoms with Crippen LogP contribution in [0.1, 0.15) is 57.6 Å². The number of hydrogen-bond donors (Lipinski definition) is 1. The third kappa shape index (κ3) is 3.14. The molecule has 0 amide bonds. The van der Waals surface area contributed by atoms with Crippen molar-refractivity contribution >= 4 is 0 Å². The van der Waals surface area contributed by atoms with Crippen molar-refractivity contribution in [2.75, 3.05) is 0 Å². The van der Waals surface area contributed by atoms with Gasteiger partial charge in [0, 0.05) is 12.1 Å². The van der Waals surface area contributed by atoms with Crippen LogP contribution in [-0.4, -0.2) is 12.1 Å². The molecule has 1 saturated carbocycles. The maximum atomic E-state index is 3.77. The van der Waals surface area contributed by atoms with Gasteiger partial charge in [0.1, 0.15) is 0 Å². The topological polar surface area (TPSA) is 12.0 Å². The summed E-state index contributed by atoms with van der Waals surface area (Å²) in [5, 5.41) is 3.77. The van der Waals surface area contributed by atoms with Crippen LogP contribution in [0.3, 0.4) is 0 Å². The van der Waals surface area contributed by atoms with Crippen LogP contribution in [0.25, 0.3) is 0 Å². The average Bonchev–Trinajstić information content (AvgIpc) is 2.20. The van der Waals surface area contributed by atoms with E-state index in [2.05, 4.69) is 64.2 Å². The quantitative estimate of drug-likeness (QED) is 0.838. The molecule has 0 saturated heterocycles. The van der Waals surface area contributed by atoms with E-state index in [0.29, 0.717) is 17.5 Å². The summed E-state index contributed by atoms with van der Waals surface area (Å²) in [4.78, 5) is 0.